The second-order valence-corrected chi connectivity index (χ2v) is 8.95. The molecule has 0 saturated carbocycles. The van der Waals surface area contributed by atoms with Crippen molar-refractivity contribution in [3.05, 3.63) is 48.0 Å². The largest absolute Gasteiger partial charge is 0.503 e. The van der Waals surface area contributed by atoms with E-state index in [9.17, 15) is 19.1 Å². The number of halogens is 1. The van der Waals surface area contributed by atoms with Crippen LogP contribution in [-0.4, -0.2) is 41.2 Å². The normalized spacial score (nSPS) is 13.9. The molecule has 1 aromatic heterocycles. The number of nitrogens with zero attached hydrogens (tertiary/aromatic N) is 1. The number of aromatic nitrogens is 1. The third-order valence-corrected chi connectivity index (χ3v) is 6.23. The van der Waals surface area contributed by atoms with Crippen molar-refractivity contribution in [1.82, 2.24) is 4.98 Å². The van der Waals surface area contributed by atoms with E-state index in [1.54, 1.807) is 19.1 Å². The number of ketones is 1. The van der Waals surface area contributed by atoms with Gasteiger partial charge in [0.15, 0.2) is 23.0 Å². The van der Waals surface area contributed by atoms with E-state index < -0.39 is 35.7 Å². The Morgan fingerprint density at radius 3 is 2.37 bits per heavy atom. The Bertz CT molecular complexity index is 991. The SMILES string of the molecule is CCC(CC)[C@@H](Oc1cccc(F)c1)[C@H](C)OC(=O)[C@@H](CC(=O)c1nccc(OC)c1O)C(C)C. The molecular formula is C27H36FNO6. The first kappa shape index (κ1) is 28.1. The van der Waals surface area contributed by atoms with Crippen LogP contribution in [0.5, 0.6) is 17.2 Å². The number of aromatic hydroxyl groups is 1. The quantitative estimate of drug-likeness (QED) is 0.289. The summed E-state index contributed by atoms with van der Waals surface area (Å²) in [5, 5.41) is 10.3. The highest BCUT2D eigenvalue weighted by Gasteiger charge is 2.34. The lowest BCUT2D eigenvalue weighted by molar-refractivity contribution is -0.161. The number of Topliss-reactive ketones (excluding diaryl/α,β-unsaturated/α-hetero) is 1. The standard InChI is InChI=1S/C27H36FNO6/c1-7-18(8-2)26(35-20-11-9-10-19(28)14-20)17(5)34-27(32)21(16(3)4)15-22(30)24-25(31)23(33-6)12-13-29-24/h9-14,16-18,21,26,31H,7-8,15H2,1-6H3/t17-,21-,26-/m0/s1. The van der Waals surface area contributed by atoms with Crippen LogP contribution in [0.25, 0.3) is 0 Å². The van der Waals surface area contributed by atoms with E-state index in [0.29, 0.717) is 5.75 Å². The first-order valence-electron chi connectivity index (χ1n) is 12.0. The minimum absolute atomic E-state index is 0.0677. The number of carbonyl (C=O) groups excluding carboxylic acids is 2. The molecule has 0 unspecified atom stereocenters. The first-order valence-corrected chi connectivity index (χ1v) is 12.0. The van der Waals surface area contributed by atoms with Gasteiger partial charge in [-0.05, 0) is 43.7 Å². The van der Waals surface area contributed by atoms with E-state index in [1.807, 2.05) is 27.7 Å². The second-order valence-electron chi connectivity index (χ2n) is 8.95. The molecule has 192 valence electrons. The number of hydrogen-bond acceptors (Lipinski definition) is 7. The molecule has 1 heterocycles. The number of esters is 1. The van der Waals surface area contributed by atoms with Crippen LogP contribution in [-0.2, 0) is 9.53 Å². The molecule has 0 amide bonds. The van der Waals surface area contributed by atoms with Crippen LogP contribution in [0.1, 0.15) is 64.4 Å². The highest BCUT2D eigenvalue weighted by molar-refractivity contribution is 5.99. The van der Waals surface area contributed by atoms with Crippen LogP contribution < -0.4 is 9.47 Å². The Hall–Kier alpha value is -3.16. The maximum atomic E-state index is 13.7. The van der Waals surface area contributed by atoms with Crippen LogP contribution in [0, 0.1) is 23.6 Å². The molecule has 0 bridgehead atoms. The number of methoxy groups -OCH3 is 1. The maximum absolute atomic E-state index is 13.7. The Morgan fingerprint density at radius 1 is 1.11 bits per heavy atom. The summed E-state index contributed by atoms with van der Waals surface area (Å²) in [6.45, 7) is 9.44. The van der Waals surface area contributed by atoms with E-state index in [2.05, 4.69) is 4.98 Å². The Balaban J connectivity index is 2.20. The third kappa shape index (κ3) is 7.41. The average molecular weight is 490 g/mol. The van der Waals surface area contributed by atoms with Gasteiger partial charge in [-0.1, -0.05) is 33.8 Å². The Labute approximate surface area is 206 Å². The lowest BCUT2D eigenvalue weighted by Gasteiger charge is -2.32. The van der Waals surface area contributed by atoms with Gasteiger partial charge in [0.1, 0.15) is 23.8 Å². The summed E-state index contributed by atoms with van der Waals surface area (Å²) in [5.41, 5.74) is -0.153. The summed E-state index contributed by atoms with van der Waals surface area (Å²) in [5.74, 6) is -2.21. The van der Waals surface area contributed by atoms with E-state index in [1.165, 1.54) is 31.5 Å². The minimum atomic E-state index is -0.756. The van der Waals surface area contributed by atoms with Gasteiger partial charge in [0, 0.05) is 24.8 Å². The summed E-state index contributed by atoms with van der Waals surface area (Å²) < 4.78 is 30.7. The lowest BCUT2D eigenvalue weighted by atomic mass is 9.89. The number of rotatable bonds is 13. The van der Waals surface area contributed by atoms with Gasteiger partial charge >= 0.3 is 5.97 Å². The molecule has 1 N–H and O–H groups in total. The molecule has 2 aromatic rings. The Morgan fingerprint density at radius 2 is 1.80 bits per heavy atom. The van der Waals surface area contributed by atoms with E-state index >= 15 is 0 Å². The zero-order valence-electron chi connectivity index (χ0n) is 21.3. The molecule has 0 fully saturated rings. The Kier molecular flexibility index (Phi) is 10.5. The van der Waals surface area contributed by atoms with Gasteiger partial charge in [0.05, 0.1) is 13.0 Å². The summed E-state index contributed by atoms with van der Waals surface area (Å²) >= 11 is 0. The van der Waals surface area contributed by atoms with Crippen molar-refractivity contribution in [2.75, 3.05) is 7.11 Å². The summed E-state index contributed by atoms with van der Waals surface area (Å²) in [7, 11) is 1.38. The van der Waals surface area contributed by atoms with Crippen molar-refractivity contribution in [3.8, 4) is 17.2 Å². The lowest BCUT2D eigenvalue weighted by Crippen LogP contribution is -2.41. The van der Waals surface area contributed by atoms with Gasteiger partial charge in [-0.3, -0.25) is 9.59 Å². The van der Waals surface area contributed by atoms with Crippen LogP contribution in [0.4, 0.5) is 4.39 Å². The van der Waals surface area contributed by atoms with Crippen molar-refractivity contribution in [2.45, 2.75) is 66.1 Å². The van der Waals surface area contributed by atoms with Gasteiger partial charge in [-0.15, -0.1) is 0 Å². The summed E-state index contributed by atoms with van der Waals surface area (Å²) in [6.07, 6.45) is 1.60. The van der Waals surface area contributed by atoms with Crippen molar-refractivity contribution < 1.29 is 33.3 Å². The molecule has 8 heteroatoms. The van der Waals surface area contributed by atoms with Gasteiger partial charge in [-0.25, -0.2) is 9.37 Å². The topological polar surface area (TPSA) is 95.0 Å². The molecule has 7 nitrogen and oxygen atoms in total. The molecule has 0 aliphatic rings. The molecule has 1 aromatic carbocycles. The number of carbonyl (C=O) groups is 2. The number of benzene rings is 1. The predicted molar refractivity (Wildman–Crippen MR) is 130 cm³/mol. The fraction of sp³-hybridized carbons (Fsp3) is 0.519. The summed E-state index contributed by atoms with van der Waals surface area (Å²) in [4.78, 5) is 30.0. The zero-order chi connectivity index (χ0) is 26.1. The fourth-order valence-electron chi connectivity index (χ4n) is 4.06. The van der Waals surface area contributed by atoms with Crippen molar-refractivity contribution in [3.63, 3.8) is 0 Å². The van der Waals surface area contributed by atoms with E-state index in [4.69, 9.17) is 14.2 Å². The van der Waals surface area contributed by atoms with Crippen LogP contribution >= 0.6 is 0 Å². The van der Waals surface area contributed by atoms with Crippen LogP contribution in [0.15, 0.2) is 36.5 Å². The molecule has 0 aliphatic carbocycles. The molecule has 3 atom stereocenters. The van der Waals surface area contributed by atoms with Crippen molar-refractivity contribution in [1.29, 1.82) is 0 Å². The van der Waals surface area contributed by atoms with Crippen molar-refractivity contribution >= 4 is 11.8 Å². The number of pyridine rings is 1. The molecule has 0 aliphatic heterocycles. The maximum Gasteiger partial charge on any atom is 0.310 e. The molecule has 0 spiro atoms. The molecule has 2 rings (SSSR count). The highest BCUT2D eigenvalue weighted by atomic mass is 19.1. The average Bonchev–Trinajstić information content (AvgIpc) is 2.82. The summed E-state index contributed by atoms with van der Waals surface area (Å²) in [6, 6.07) is 7.30. The first-order chi connectivity index (χ1) is 16.6. The van der Waals surface area contributed by atoms with Gasteiger partial charge in [0.2, 0.25) is 0 Å². The van der Waals surface area contributed by atoms with E-state index in [-0.39, 0.29) is 35.4 Å². The molecule has 0 saturated heterocycles. The molecular weight excluding hydrogens is 453 g/mol. The van der Waals surface area contributed by atoms with Crippen molar-refractivity contribution in [2.24, 2.45) is 17.8 Å². The predicted octanol–water partition coefficient (Wildman–Crippen LogP) is 5.60. The molecule has 0 radical (unpaired) electrons. The zero-order valence-corrected chi connectivity index (χ0v) is 21.3. The van der Waals surface area contributed by atoms with Crippen LogP contribution in [0.2, 0.25) is 0 Å². The highest BCUT2D eigenvalue weighted by Crippen LogP contribution is 2.31. The second kappa shape index (κ2) is 13.1. The number of ether oxygens (including phenoxy) is 3. The molecule has 35 heavy (non-hydrogen) atoms. The number of hydrogen-bond donors (Lipinski definition) is 1. The smallest absolute Gasteiger partial charge is 0.310 e. The van der Waals surface area contributed by atoms with Gasteiger partial charge < -0.3 is 19.3 Å². The van der Waals surface area contributed by atoms with Gasteiger partial charge in [-0.2, -0.15) is 0 Å². The third-order valence-electron chi connectivity index (χ3n) is 6.23. The van der Waals surface area contributed by atoms with E-state index in [0.717, 1.165) is 12.8 Å². The van der Waals surface area contributed by atoms with Gasteiger partial charge in [0.25, 0.3) is 0 Å². The minimum Gasteiger partial charge on any atom is -0.503 e. The monoisotopic (exact) mass is 489 g/mol. The fourth-order valence-corrected chi connectivity index (χ4v) is 4.06. The van der Waals surface area contributed by atoms with Crippen LogP contribution in [0.3, 0.4) is 0 Å².